The molecule has 8 rings (SSSR count). The molecular weight excluding hydrogens is 634 g/mol. The van der Waals surface area contributed by atoms with Crippen LogP contribution in [0.5, 0.6) is 11.8 Å². The summed E-state index contributed by atoms with van der Waals surface area (Å²) in [5.41, 5.74) is 2.26. The highest BCUT2D eigenvalue weighted by atomic mass is 19.1. The Hall–Kier alpha value is -4.85. The Bertz CT molecular complexity index is 2020. The molecule has 2 amide bonds. The van der Waals surface area contributed by atoms with Gasteiger partial charge in [-0.05, 0) is 55.0 Å². The molecule has 2 saturated heterocycles. The number of hydrogen-bond donors (Lipinski definition) is 1. The second kappa shape index (κ2) is 11.6. The summed E-state index contributed by atoms with van der Waals surface area (Å²) in [6.45, 7) is 4.56. The molecule has 4 aliphatic rings. The van der Waals surface area contributed by atoms with Crippen LogP contribution in [0.1, 0.15) is 64.0 Å². The SMILES string of the molecule is CCc1c(F)ccc2cc(O)cc(N3Cc4nc(OC[C@@]56CCCN5C[C@H](F)C6)nc(N5CCn6nc(C(=O)N(C)C)cc6C5)c4C3=O)c12. The number of nitrogens with zero attached hydrogens (tertiary/aromatic N) is 8. The Morgan fingerprint density at radius 1 is 1.14 bits per heavy atom. The van der Waals surface area contributed by atoms with Gasteiger partial charge in [0, 0.05) is 45.1 Å². The van der Waals surface area contributed by atoms with E-state index in [0.29, 0.717) is 83.8 Å². The number of halogens is 2. The molecule has 0 unspecified atom stereocenters. The molecule has 256 valence electrons. The van der Waals surface area contributed by atoms with Gasteiger partial charge in [0.2, 0.25) is 0 Å². The molecule has 6 heterocycles. The van der Waals surface area contributed by atoms with E-state index in [4.69, 9.17) is 14.7 Å². The molecule has 2 aromatic heterocycles. The number of hydrogen-bond acceptors (Lipinski definition) is 9. The van der Waals surface area contributed by atoms with Crippen molar-refractivity contribution >= 4 is 34.1 Å². The summed E-state index contributed by atoms with van der Waals surface area (Å²) >= 11 is 0. The molecule has 0 aliphatic carbocycles. The summed E-state index contributed by atoms with van der Waals surface area (Å²) < 4.78 is 37.7. The maximum Gasteiger partial charge on any atom is 0.318 e. The smallest absolute Gasteiger partial charge is 0.318 e. The van der Waals surface area contributed by atoms with E-state index >= 15 is 4.39 Å². The van der Waals surface area contributed by atoms with Crippen LogP contribution in [0.25, 0.3) is 10.8 Å². The number of ether oxygens (including phenoxy) is 1. The minimum Gasteiger partial charge on any atom is -0.508 e. The predicted octanol–water partition coefficient (Wildman–Crippen LogP) is 4.07. The summed E-state index contributed by atoms with van der Waals surface area (Å²) in [6, 6.07) is 7.86. The Morgan fingerprint density at radius 2 is 1.98 bits per heavy atom. The number of alkyl halides is 1. The minimum absolute atomic E-state index is 0.0503. The Labute approximate surface area is 281 Å². The van der Waals surface area contributed by atoms with Crippen LogP contribution in [0, 0.1) is 5.82 Å². The topological polar surface area (TPSA) is 120 Å². The highest BCUT2D eigenvalue weighted by Gasteiger charge is 2.49. The lowest BCUT2D eigenvalue weighted by Gasteiger charge is -2.32. The molecule has 0 saturated carbocycles. The standard InChI is InChI=1S/C35H38F2N8O4/c1-4-24-25(37)7-6-20-12-23(46)14-28(29(20)24)44-18-27-30(33(44)48)31(42-10-11-45-22(17-42)13-26(40-45)32(47)41(2)3)39-34(38-27)49-19-35-8-5-9-43(35)16-21(36)15-35/h6-7,12-14,21,46H,4-5,8-11,15-19H2,1-3H3/t21-,35+/m1/s1. The molecule has 2 fully saturated rings. The molecule has 2 aromatic carbocycles. The van der Waals surface area contributed by atoms with E-state index in [1.807, 2.05) is 11.8 Å². The number of anilines is 2. The van der Waals surface area contributed by atoms with Crippen molar-refractivity contribution < 1.29 is 28.2 Å². The van der Waals surface area contributed by atoms with E-state index < -0.39 is 11.7 Å². The van der Waals surface area contributed by atoms with E-state index in [9.17, 15) is 19.1 Å². The first-order chi connectivity index (χ1) is 23.5. The predicted molar refractivity (Wildman–Crippen MR) is 177 cm³/mol. The molecule has 49 heavy (non-hydrogen) atoms. The van der Waals surface area contributed by atoms with Crippen LogP contribution < -0.4 is 14.5 Å². The maximum absolute atomic E-state index is 15.1. The monoisotopic (exact) mass is 672 g/mol. The van der Waals surface area contributed by atoms with Gasteiger partial charge in [-0.3, -0.25) is 19.2 Å². The van der Waals surface area contributed by atoms with Gasteiger partial charge in [0.15, 0.2) is 5.69 Å². The number of aromatic hydroxyl groups is 1. The van der Waals surface area contributed by atoms with Crippen LogP contribution in [0.15, 0.2) is 30.3 Å². The Kier molecular flexibility index (Phi) is 7.46. The van der Waals surface area contributed by atoms with Gasteiger partial charge in [-0.25, -0.2) is 8.78 Å². The summed E-state index contributed by atoms with van der Waals surface area (Å²) in [5, 5.41) is 16.4. The number of rotatable bonds is 7. The molecule has 14 heteroatoms. The van der Waals surface area contributed by atoms with Crippen LogP contribution in [-0.2, 0) is 26.1 Å². The first kappa shape index (κ1) is 31.4. The highest BCUT2D eigenvalue weighted by molar-refractivity contribution is 6.16. The van der Waals surface area contributed by atoms with Crippen molar-refractivity contribution in [3.63, 3.8) is 0 Å². The van der Waals surface area contributed by atoms with E-state index in [1.165, 1.54) is 21.9 Å². The Morgan fingerprint density at radius 3 is 2.78 bits per heavy atom. The third kappa shape index (κ3) is 5.15. The summed E-state index contributed by atoms with van der Waals surface area (Å²) in [4.78, 5) is 43.8. The number of aromatic nitrogens is 4. The fourth-order valence-electron chi connectivity index (χ4n) is 8.11. The molecule has 12 nitrogen and oxygen atoms in total. The van der Waals surface area contributed by atoms with Crippen molar-refractivity contribution in [2.24, 2.45) is 0 Å². The number of aryl methyl sites for hydroxylation is 1. The number of fused-ring (bicyclic) bond motifs is 4. The van der Waals surface area contributed by atoms with E-state index in [0.717, 1.165) is 25.1 Å². The zero-order valence-corrected chi connectivity index (χ0v) is 27.7. The van der Waals surface area contributed by atoms with Gasteiger partial charge in [0.05, 0.1) is 42.2 Å². The fraction of sp³-hybridized carbons (Fsp3) is 0.457. The molecule has 0 radical (unpaired) electrons. The van der Waals surface area contributed by atoms with Gasteiger partial charge in [0.1, 0.15) is 35.7 Å². The normalized spacial score (nSPS) is 21.7. The van der Waals surface area contributed by atoms with Crippen LogP contribution in [0.2, 0.25) is 0 Å². The van der Waals surface area contributed by atoms with Crippen molar-refractivity contribution in [2.45, 2.75) is 64.0 Å². The van der Waals surface area contributed by atoms with Gasteiger partial charge >= 0.3 is 6.01 Å². The zero-order chi connectivity index (χ0) is 34.2. The Balaban J connectivity index is 1.19. The molecule has 0 bridgehead atoms. The molecule has 2 atom stereocenters. The van der Waals surface area contributed by atoms with Crippen molar-refractivity contribution in [2.75, 3.05) is 50.1 Å². The summed E-state index contributed by atoms with van der Waals surface area (Å²) in [7, 11) is 3.35. The van der Waals surface area contributed by atoms with Gasteiger partial charge < -0.3 is 24.5 Å². The van der Waals surface area contributed by atoms with Gasteiger partial charge in [-0.15, -0.1) is 0 Å². The molecule has 4 aliphatic heterocycles. The van der Waals surface area contributed by atoms with E-state index in [1.54, 1.807) is 37.0 Å². The van der Waals surface area contributed by atoms with Crippen LogP contribution in [-0.4, -0.2) is 98.5 Å². The number of phenolic OH excluding ortho intramolecular Hbond substituents is 1. The number of amides is 2. The zero-order valence-electron chi connectivity index (χ0n) is 27.7. The van der Waals surface area contributed by atoms with Crippen LogP contribution in [0.4, 0.5) is 20.3 Å². The maximum atomic E-state index is 15.1. The summed E-state index contributed by atoms with van der Waals surface area (Å²) in [5.74, 6) is -0.647. The average Bonchev–Trinajstić information content (AvgIpc) is 3.83. The minimum atomic E-state index is -0.913. The summed E-state index contributed by atoms with van der Waals surface area (Å²) in [6.07, 6.45) is 1.65. The third-order valence-electron chi connectivity index (χ3n) is 10.4. The number of carbonyl (C=O) groups excluding carboxylic acids is 2. The number of benzene rings is 2. The van der Waals surface area contributed by atoms with Crippen LogP contribution >= 0.6 is 0 Å². The quantitative estimate of drug-likeness (QED) is 0.310. The third-order valence-corrected chi connectivity index (χ3v) is 10.4. The molecule has 1 N–H and O–H groups in total. The largest absolute Gasteiger partial charge is 0.508 e. The molecular formula is C35H38F2N8O4. The molecule has 4 aromatic rings. The van der Waals surface area contributed by atoms with Gasteiger partial charge in [-0.2, -0.15) is 15.1 Å². The van der Waals surface area contributed by atoms with Crippen molar-refractivity contribution in [1.29, 1.82) is 0 Å². The van der Waals surface area contributed by atoms with Crippen LogP contribution in [0.3, 0.4) is 0 Å². The first-order valence-electron chi connectivity index (χ1n) is 16.8. The van der Waals surface area contributed by atoms with E-state index in [-0.39, 0.29) is 42.5 Å². The van der Waals surface area contributed by atoms with Crippen molar-refractivity contribution in [1.82, 2.24) is 29.5 Å². The van der Waals surface area contributed by atoms with E-state index in [2.05, 4.69) is 10.00 Å². The molecule has 0 spiro atoms. The van der Waals surface area contributed by atoms with Gasteiger partial charge in [0.25, 0.3) is 11.8 Å². The van der Waals surface area contributed by atoms with Crippen molar-refractivity contribution in [3.05, 3.63) is 64.4 Å². The first-order valence-corrected chi connectivity index (χ1v) is 16.8. The highest BCUT2D eigenvalue weighted by Crippen LogP contribution is 2.43. The second-order valence-electron chi connectivity index (χ2n) is 13.7. The number of carbonyl (C=O) groups is 2. The lowest BCUT2D eigenvalue weighted by Crippen LogP contribution is -2.43. The average molecular weight is 673 g/mol. The second-order valence-corrected chi connectivity index (χ2v) is 13.7. The van der Waals surface area contributed by atoms with Crippen molar-refractivity contribution in [3.8, 4) is 11.8 Å². The number of phenols is 1. The lowest BCUT2D eigenvalue weighted by atomic mass is 9.95. The lowest BCUT2D eigenvalue weighted by molar-refractivity contribution is 0.0820. The van der Waals surface area contributed by atoms with Gasteiger partial charge in [-0.1, -0.05) is 13.0 Å². The fourth-order valence-corrected chi connectivity index (χ4v) is 8.11.